The van der Waals surface area contributed by atoms with Crippen molar-refractivity contribution in [2.24, 2.45) is 0 Å². The summed E-state index contributed by atoms with van der Waals surface area (Å²) in [6, 6.07) is 0. The van der Waals surface area contributed by atoms with Gasteiger partial charge in [-0.1, -0.05) is 11.6 Å². The summed E-state index contributed by atoms with van der Waals surface area (Å²) in [6.45, 7) is 3.57. The summed E-state index contributed by atoms with van der Waals surface area (Å²) < 4.78 is 10.1. The Labute approximate surface area is 53.7 Å². The van der Waals surface area contributed by atoms with Crippen LogP contribution in [-0.2, 0) is 9.47 Å². The number of hydrogen-bond donors (Lipinski definition) is 0. The summed E-state index contributed by atoms with van der Waals surface area (Å²) in [5.74, 6) is 0. The van der Waals surface area contributed by atoms with Crippen molar-refractivity contribution in [3.8, 4) is 0 Å². The van der Waals surface area contributed by atoms with E-state index in [0.29, 0.717) is 19.8 Å². The van der Waals surface area contributed by atoms with Crippen LogP contribution in [0.15, 0.2) is 0 Å². The fourth-order valence-corrected chi connectivity index (χ4v) is 0.764. The fourth-order valence-electron chi connectivity index (χ4n) is 0.610. The summed E-state index contributed by atoms with van der Waals surface area (Å²) in [4.78, 5) is 0. The first-order valence-corrected chi connectivity index (χ1v) is 2.99. The van der Waals surface area contributed by atoms with Crippen molar-refractivity contribution in [2.45, 2.75) is 12.0 Å². The average Bonchev–Trinajstić information content (AvgIpc) is 1.65. The molecule has 1 fully saturated rings. The fraction of sp³-hybridized carbons (Fsp3) is 1.00. The van der Waals surface area contributed by atoms with Gasteiger partial charge in [-0.2, -0.15) is 0 Å². The second-order valence-electron chi connectivity index (χ2n) is 2.00. The van der Waals surface area contributed by atoms with Gasteiger partial charge in [0.2, 0.25) is 0 Å². The van der Waals surface area contributed by atoms with E-state index < -0.39 is 5.06 Å². The Bertz CT molecular complexity index is 74.5. The first kappa shape index (κ1) is 6.33. The van der Waals surface area contributed by atoms with Crippen LogP contribution in [0.25, 0.3) is 0 Å². The molecule has 1 atom stereocenters. The molecular weight excluding hydrogens is 128 g/mol. The van der Waals surface area contributed by atoms with Crippen LogP contribution in [0.2, 0.25) is 0 Å². The van der Waals surface area contributed by atoms with Crippen LogP contribution >= 0.6 is 11.6 Å². The minimum atomic E-state index is -0.571. The van der Waals surface area contributed by atoms with E-state index >= 15 is 0 Å². The van der Waals surface area contributed by atoms with Crippen molar-refractivity contribution in [2.75, 3.05) is 19.8 Å². The minimum Gasteiger partial charge on any atom is -0.375 e. The lowest BCUT2D eigenvalue weighted by atomic mass is 10.4. The maximum atomic E-state index is 5.72. The van der Waals surface area contributed by atoms with Gasteiger partial charge < -0.3 is 9.47 Å². The van der Waals surface area contributed by atoms with Gasteiger partial charge in [-0.15, -0.1) is 0 Å². The summed E-state index contributed by atoms with van der Waals surface area (Å²) in [7, 11) is 0. The van der Waals surface area contributed by atoms with Gasteiger partial charge in [0.25, 0.3) is 0 Å². The molecule has 48 valence electrons. The molecule has 0 spiro atoms. The molecule has 1 heterocycles. The Morgan fingerprint density at radius 3 is 2.50 bits per heavy atom. The van der Waals surface area contributed by atoms with E-state index in [-0.39, 0.29) is 0 Å². The maximum absolute atomic E-state index is 5.72. The van der Waals surface area contributed by atoms with E-state index in [1.54, 1.807) is 6.92 Å². The summed E-state index contributed by atoms with van der Waals surface area (Å²) in [5, 5.41) is -0.571. The molecule has 3 heteroatoms. The number of halogens is 1. The molecule has 0 radical (unpaired) electrons. The predicted octanol–water partition coefficient (Wildman–Crippen LogP) is 0.988. The molecule has 0 aliphatic carbocycles. The molecule has 2 nitrogen and oxygen atoms in total. The highest BCUT2D eigenvalue weighted by Gasteiger charge is 2.24. The van der Waals surface area contributed by atoms with Gasteiger partial charge in [0, 0.05) is 0 Å². The monoisotopic (exact) mass is 136 g/mol. The lowest BCUT2D eigenvalue weighted by molar-refractivity contribution is -0.103. The van der Waals surface area contributed by atoms with E-state index in [4.69, 9.17) is 21.1 Å². The van der Waals surface area contributed by atoms with Crippen molar-refractivity contribution in [3.63, 3.8) is 0 Å². The second kappa shape index (κ2) is 2.21. The number of alkyl halides is 1. The van der Waals surface area contributed by atoms with Gasteiger partial charge in [-0.05, 0) is 6.92 Å². The van der Waals surface area contributed by atoms with Crippen molar-refractivity contribution < 1.29 is 9.47 Å². The van der Waals surface area contributed by atoms with Crippen LogP contribution in [0.5, 0.6) is 0 Å². The molecule has 0 amide bonds. The highest BCUT2D eigenvalue weighted by molar-refractivity contribution is 6.22. The van der Waals surface area contributed by atoms with Crippen molar-refractivity contribution in [1.29, 1.82) is 0 Å². The van der Waals surface area contributed by atoms with Crippen molar-refractivity contribution >= 4 is 11.6 Å². The van der Waals surface area contributed by atoms with Gasteiger partial charge in [0.15, 0.2) is 5.06 Å². The first-order chi connectivity index (χ1) is 3.71. The zero-order valence-corrected chi connectivity index (χ0v) is 5.57. The Morgan fingerprint density at radius 2 is 2.25 bits per heavy atom. The molecule has 0 aromatic heterocycles. The molecule has 0 aromatic carbocycles. The molecule has 0 N–H and O–H groups in total. The zero-order valence-electron chi connectivity index (χ0n) is 4.82. The molecule has 1 unspecified atom stereocenters. The lowest BCUT2D eigenvalue weighted by Gasteiger charge is -2.26. The van der Waals surface area contributed by atoms with Gasteiger partial charge >= 0.3 is 0 Å². The average molecular weight is 137 g/mol. The van der Waals surface area contributed by atoms with Crippen molar-refractivity contribution in [3.05, 3.63) is 0 Å². The molecule has 8 heavy (non-hydrogen) atoms. The van der Waals surface area contributed by atoms with Gasteiger partial charge in [-0.3, -0.25) is 0 Å². The van der Waals surface area contributed by atoms with Gasteiger partial charge in [0.05, 0.1) is 19.8 Å². The Kier molecular flexibility index (Phi) is 1.75. The third kappa shape index (κ3) is 1.62. The van der Waals surface area contributed by atoms with E-state index in [2.05, 4.69) is 0 Å². The topological polar surface area (TPSA) is 18.5 Å². The summed E-state index contributed by atoms with van der Waals surface area (Å²) >= 11 is 5.72. The Morgan fingerprint density at radius 1 is 1.50 bits per heavy atom. The first-order valence-electron chi connectivity index (χ1n) is 2.61. The molecule has 1 aliphatic rings. The third-order valence-corrected chi connectivity index (χ3v) is 1.21. The molecule has 1 rings (SSSR count). The van der Waals surface area contributed by atoms with Crippen LogP contribution in [0.3, 0.4) is 0 Å². The van der Waals surface area contributed by atoms with Gasteiger partial charge in [-0.25, -0.2) is 0 Å². The van der Waals surface area contributed by atoms with Crippen LogP contribution in [0.1, 0.15) is 6.92 Å². The molecule has 0 aromatic rings. The molecular formula is C5H9ClO2. The number of rotatable bonds is 0. The van der Waals surface area contributed by atoms with Gasteiger partial charge in [0.1, 0.15) is 0 Å². The minimum absolute atomic E-state index is 0.495. The maximum Gasteiger partial charge on any atom is 0.162 e. The van der Waals surface area contributed by atoms with Crippen molar-refractivity contribution in [1.82, 2.24) is 0 Å². The third-order valence-electron chi connectivity index (χ3n) is 0.991. The highest BCUT2D eigenvalue weighted by Crippen LogP contribution is 2.18. The van der Waals surface area contributed by atoms with Crippen LogP contribution in [-0.4, -0.2) is 24.9 Å². The number of hydrogen-bond acceptors (Lipinski definition) is 2. The second-order valence-corrected chi connectivity index (χ2v) is 2.80. The largest absolute Gasteiger partial charge is 0.375 e. The van der Waals surface area contributed by atoms with E-state index in [1.165, 1.54) is 0 Å². The summed E-state index contributed by atoms with van der Waals surface area (Å²) in [5.41, 5.74) is 0. The van der Waals surface area contributed by atoms with Crippen LogP contribution in [0, 0.1) is 0 Å². The standard InChI is InChI=1S/C5H9ClO2/c1-5(6)4-7-2-3-8-5/h2-4H2,1H3. The van der Waals surface area contributed by atoms with Crippen LogP contribution in [0.4, 0.5) is 0 Å². The summed E-state index contributed by atoms with van der Waals surface area (Å²) in [6.07, 6.45) is 0. The molecule has 0 bridgehead atoms. The SMILES string of the molecule is CC1(Cl)COCCO1. The zero-order chi connectivity index (χ0) is 6.04. The highest BCUT2D eigenvalue weighted by atomic mass is 35.5. The van der Waals surface area contributed by atoms with Crippen LogP contribution < -0.4 is 0 Å². The smallest absolute Gasteiger partial charge is 0.162 e. The van der Waals surface area contributed by atoms with E-state index in [0.717, 1.165) is 0 Å². The molecule has 1 saturated heterocycles. The van der Waals surface area contributed by atoms with E-state index in [1.807, 2.05) is 0 Å². The Balaban J connectivity index is 2.33. The molecule has 0 saturated carbocycles. The van der Waals surface area contributed by atoms with E-state index in [9.17, 15) is 0 Å². The lowest BCUT2D eigenvalue weighted by Crippen LogP contribution is -2.34. The Hall–Kier alpha value is 0.210. The predicted molar refractivity (Wildman–Crippen MR) is 31.0 cm³/mol. The number of ether oxygens (including phenoxy) is 2. The quantitative estimate of drug-likeness (QED) is 0.463. The molecule has 1 aliphatic heterocycles. The normalized spacial score (nSPS) is 39.8.